The maximum atomic E-state index is 13.5. The molecule has 0 aliphatic carbocycles. The zero-order chi connectivity index (χ0) is 26.7. The molecule has 200 valence electrons. The van der Waals surface area contributed by atoms with Gasteiger partial charge in [-0.1, -0.05) is 11.6 Å². The number of hydrogen-bond acceptors (Lipinski definition) is 7. The lowest BCUT2D eigenvalue weighted by atomic mass is 9.98. The number of pyridine rings is 1. The third-order valence-electron chi connectivity index (χ3n) is 6.30. The standard InChI is InChI=1S/C25H27ClF3N3O4S/c26-16-2-4-21(35)19(12-16)22-18-11-15(25(27,28)29)1-3-20(18)30-24(36)23(22)37-14-17(34)13-32-7-5-31(6-8-32)9-10-33/h1-4,11-12,17,33-35H,5-10,13-14H2,(H,30,36). The highest BCUT2D eigenvalue weighted by Crippen LogP contribution is 2.42. The Bertz CT molecular complexity index is 1310. The second-order valence-electron chi connectivity index (χ2n) is 8.91. The van der Waals surface area contributed by atoms with Gasteiger partial charge < -0.3 is 20.3 Å². The summed E-state index contributed by atoms with van der Waals surface area (Å²) >= 11 is 7.15. The number of alkyl halides is 3. The molecule has 4 N–H and O–H groups in total. The summed E-state index contributed by atoms with van der Waals surface area (Å²) in [6, 6.07) is 7.16. The van der Waals surface area contributed by atoms with E-state index < -0.39 is 23.4 Å². The summed E-state index contributed by atoms with van der Waals surface area (Å²) in [5, 5.41) is 30.7. The van der Waals surface area contributed by atoms with Crippen LogP contribution in [0.25, 0.3) is 22.0 Å². The molecular formula is C25H27ClF3N3O4S. The Morgan fingerprint density at radius 2 is 1.78 bits per heavy atom. The van der Waals surface area contributed by atoms with Gasteiger partial charge in [0, 0.05) is 72.1 Å². The minimum atomic E-state index is -4.61. The maximum absolute atomic E-state index is 13.5. The van der Waals surface area contributed by atoms with E-state index in [0.29, 0.717) is 13.1 Å². The third kappa shape index (κ3) is 6.60. The first-order chi connectivity index (χ1) is 17.6. The lowest BCUT2D eigenvalue weighted by Crippen LogP contribution is -2.49. The molecule has 1 unspecified atom stereocenters. The summed E-state index contributed by atoms with van der Waals surface area (Å²) < 4.78 is 40.5. The van der Waals surface area contributed by atoms with Gasteiger partial charge in [-0.05, 0) is 36.4 Å². The highest BCUT2D eigenvalue weighted by molar-refractivity contribution is 7.99. The number of fused-ring (bicyclic) bond motifs is 1. The van der Waals surface area contributed by atoms with Gasteiger partial charge in [-0.3, -0.25) is 14.6 Å². The van der Waals surface area contributed by atoms with Crippen LogP contribution in [0.2, 0.25) is 5.02 Å². The average Bonchev–Trinajstić information content (AvgIpc) is 2.84. The number of nitrogens with one attached hydrogen (secondary N) is 1. The number of aliphatic hydroxyl groups is 2. The van der Waals surface area contributed by atoms with Gasteiger partial charge in [0.25, 0.3) is 5.56 Å². The number of aromatic hydroxyl groups is 1. The van der Waals surface area contributed by atoms with Crippen LogP contribution in [0.4, 0.5) is 13.2 Å². The van der Waals surface area contributed by atoms with E-state index in [-0.39, 0.29) is 50.1 Å². The highest BCUT2D eigenvalue weighted by atomic mass is 35.5. The van der Waals surface area contributed by atoms with Gasteiger partial charge >= 0.3 is 6.18 Å². The third-order valence-corrected chi connectivity index (χ3v) is 7.76. The number of β-amino-alcohol motifs (C(OH)–C–C–N with tert-alkyl or cyclic N) is 2. The molecular weight excluding hydrogens is 531 g/mol. The van der Waals surface area contributed by atoms with E-state index in [9.17, 15) is 28.2 Å². The van der Waals surface area contributed by atoms with E-state index in [1.54, 1.807) is 0 Å². The Morgan fingerprint density at radius 1 is 1.08 bits per heavy atom. The normalized spacial score (nSPS) is 16.4. The van der Waals surface area contributed by atoms with Crippen molar-refractivity contribution in [3.63, 3.8) is 0 Å². The van der Waals surface area contributed by atoms with Gasteiger partial charge in [0.1, 0.15) is 5.75 Å². The summed E-state index contributed by atoms with van der Waals surface area (Å²) in [6.07, 6.45) is -5.42. The Balaban J connectivity index is 1.66. The van der Waals surface area contributed by atoms with Crippen molar-refractivity contribution in [2.45, 2.75) is 17.2 Å². The fourth-order valence-electron chi connectivity index (χ4n) is 4.43. The minimum Gasteiger partial charge on any atom is -0.507 e. The lowest BCUT2D eigenvalue weighted by Gasteiger charge is -2.35. The van der Waals surface area contributed by atoms with Crippen LogP contribution in [0.1, 0.15) is 5.56 Å². The zero-order valence-electron chi connectivity index (χ0n) is 19.8. The molecule has 1 saturated heterocycles. The molecule has 3 aromatic rings. The van der Waals surface area contributed by atoms with E-state index in [4.69, 9.17) is 16.7 Å². The van der Waals surface area contributed by atoms with E-state index >= 15 is 0 Å². The number of phenols is 1. The van der Waals surface area contributed by atoms with Gasteiger partial charge in [-0.25, -0.2) is 0 Å². The number of thioether (sulfide) groups is 1. The molecule has 0 amide bonds. The van der Waals surface area contributed by atoms with Crippen molar-refractivity contribution < 1.29 is 28.5 Å². The van der Waals surface area contributed by atoms with Crippen LogP contribution in [0.5, 0.6) is 5.75 Å². The van der Waals surface area contributed by atoms with Crippen LogP contribution in [-0.2, 0) is 6.18 Å². The van der Waals surface area contributed by atoms with Crippen LogP contribution in [0, 0.1) is 0 Å². The van der Waals surface area contributed by atoms with Crippen molar-refractivity contribution in [1.29, 1.82) is 0 Å². The van der Waals surface area contributed by atoms with Gasteiger partial charge in [-0.15, -0.1) is 11.8 Å². The van der Waals surface area contributed by atoms with Crippen molar-refractivity contribution in [3.05, 3.63) is 57.3 Å². The van der Waals surface area contributed by atoms with Crippen molar-refractivity contribution in [2.24, 2.45) is 0 Å². The number of hydrogen-bond donors (Lipinski definition) is 4. The average molecular weight is 558 g/mol. The monoisotopic (exact) mass is 557 g/mol. The van der Waals surface area contributed by atoms with Crippen molar-refractivity contribution >= 4 is 34.3 Å². The smallest absolute Gasteiger partial charge is 0.416 e. The Hall–Kier alpha value is -2.28. The predicted octanol–water partition coefficient (Wildman–Crippen LogP) is 3.64. The molecule has 7 nitrogen and oxygen atoms in total. The first kappa shape index (κ1) is 27.7. The first-order valence-electron chi connectivity index (χ1n) is 11.7. The van der Waals surface area contributed by atoms with Crippen LogP contribution in [-0.4, -0.2) is 87.8 Å². The summed E-state index contributed by atoms with van der Waals surface area (Å²) in [5.74, 6) is -0.129. The maximum Gasteiger partial charge on any atom is 0.416 e. The SMILES string of the molecule is O=c1[nH]c2ccc(C(F)(F)F)cc2c(-c2cc(Cl)ccc2O)c1SCC(O)CN1CCN(CCO)CC1. The molecule has 1 aromatic heterocycles. The van der Waals surface area contributed by atoms with E-state index in [2.05, 4.69) is 14.8 Å². The molecule has 4 rings (SSSR count). The van der Waals surface area contributed by atoms with Crippen LogP contribution in [0.3, 0.4) is 0 Å². The minimum absolute atomic E-state index is 0.0798. The molecule has 12 heteroatoms. The number of phenolic OH excluding ortho intramolecular Hbond substituents is 1. The Labute approximate surface area is 220 Å². The number of H-pyrrole nitrogens is 1. The second-order valence-corrected chi connectivity index (χ2v) is 10.4. The summed E-state index contributed by atoms with van der Waals surface area (Å²) in [7, 11) is 0. The number of aliphatic hydroxyl groups excluding tert-OH is 2. The molecule has 1 atom stereocenters. The number of nitrogens with zero attached hydrogens (tertiary/aromatic N) is 2. The largest absolute Gasteiger partial charge is 0.507 e. The molecule has 0 spiro atoms. The molecule has 2 heterocycles. The Kier molecular flexibility index (Phi) is 8.72. The van der Waals surface area contributed by atoms with Gasteiger partial charge in [0.2, 0.25) is 0 Å². The lowest BCUT2D eigenvalue weighted by molar-refractivity contribution is -0.137. The van der Waals surface area contributed by atoms with Crippen LogP contribution in [0.15, 0.2) is 46.1 Å². The fourth-order valence-corrected chi connectivity index (χ4v) is 5.62. The number of rotatable bonds is 8. The zero-order valence-corrected chi connectivity index (χ0v) is 21.3. The molecule has 37 heavy (non-hydrogen) atoms. The predicted molar refractivity (Wildman–Crippen MR) is 138 cm³/mol. The number of aromatic nitrogens is 1. The van der Waals surface area contributed by atoms with Gasteiger partial charge in [0.15, 0.2) is 0 Å². The molecule has 1 aliphatic heterocycles. The number of piperazine rings is 1. The highest BCUT2D eigenvalue weighted by Gasteiger charge is 2.31. The van der Waals surface area contributed by atoms with Crippen LogP contribution < -0.4 is 5.56 Å². The molecule has 0 radical (unpaired) electrons. The number of halogens is 4. The summed E-state index contributed by atoms with van der Waals surface area (Å²) in [4.78, 5) is 20.0. The molecule has 1 fully saturated rings. The van der Waals surface area contributed by atoms with Gasteiger partial charge in [-0.2, -0.15) is 13.2 Å². The quantitative estimate of drug-likeness (QED) is 0.314. The summed E-state index contributed by atoms with van der Waals surface area (Å²) in [5.41, 5.74) is -1.01. The number of benzene rings is 2. The summed E-state index contributed by atoms with van der Waals surface area (Å²) in [6.45, 7) is 4.04. The van der Waals surface area contributed by atoms with Crippen LogP contribution >= 0.6 is 23.4 Å². The molecule has 0 saturated carbocycles. The van der Waals surface area contributed by atoms with E-state index in [1.807, 2.05) is 0 Å². The van der Waals surface area contributed by atoms with Crippen molar-refractivity contribution in [3.8, 4) is 16.9 Å². The second kappa shape index (κ2) is 11.6. The van der Waals surface area contributed by atoms with Gasteiger partial charge in [0.05, 0.1) is 23.2 Å². The molecule has 1 aliphatic rings. The molecule has 0 bridgehead atoms. The van der Waals surface area contributed by atoms with E-state index in [0.717, 1.165) is 50.1 Å². The van der Waals surface area contributed by atoms with Crippen molar-refractivity contribution in [1.82, 2.24) is 14.8 Å². The molecule has 2 aromatic carbocycles. The Morgan fingerprint density at radius 3 is 2.46 bits per heavy atom. The van der Waals surface area contributed by atoms with E-state index in [1.165, 1.54) is 24.3 Å². The topological polar surface area (TPSA) is 100 Å². The number of aromatic amines is 1. The fraction of sp³-hybridized carbons (Fsp3) is 0.400. The first-order valence-corrected chi connectivity index (χ1v) is 13.1. The van der Waals surface area contributed by atoms with Crippen molar-refractivity contribution in [2.75, 3.05) is 51.6 Å².